The van der Waals surface area contributed by atoms with E-state index in [-0.39, 0.29) is 0 Å². The third-order valence-electron chi connectivity index (χ3n) is 4.20. The zero-order valence-corrected chi connectivity index (χ0v) is 13.0. The summed E-state index contributed by atoms with van der Waals surface area (Å²) < 4.78 is 20.8. The summed E-state index contributed by atoms with van der Waals surface area (Å²) in [7, 11) is 1.24. The first-order valence-electron chi connectivity index (χ1n) is 7.46. The predicted octanol–water partition coefficient (Wildman–Crippen LogP) is -4.74. The first-order valence-corrected chi connectivity index (χ1v) is 7.46. The van der Waals surface area contributed by atoms with Crippen LogP contribution in [0.5, 0.6) is 0 Å². The van der Waals surface area contributed by atoms with Gasteiger partial charge in [-0.05, 0) is 0 Å². The molecule has 0 aromatic heterocycles. The van der Waals surface area contributed by atoms with Crippen molar-refractivity contribution in [3.63, 3.8) is 0 Å². The van der Waals surface area contributed by atoms with Gasteiger partial charge in [0.2, 0.25) is 0 Å². The van der Waals surface area contributed by atoms with Gasteiger partial charge in [0, 0.05) is 7.11 Å². The molecule has 0 aromatic carbocycles. The Kier molecular flexibility index (Phi) is 6.87. The highest BCUT2D eigenvalue weighted by atomic mass is 16.8. The molecule has 0 bridgehead atoms. The molecule has 2 aliphatic rings. The van der Waals surface area contributed by atoms with Gasteiger partial charge in [-0.3, -0.25) is 0 Å². The fourth-order valence-electron chi connectivity index (χ4n) is 2.73. The quantitative estimate of drug-likeness (QED) is 0.251. The van der Waals surface area contributed by atoms with Crippen molar-refractivity contribution in [2.75, 3.05) is 20.3 Å². The predicted molar refractivity (Wildman–Crippen MR) is 73.4 cm³/mol. The van der Waals surface area contributed by atoms with Crippen LogP contribution in [0, 0.1) is 0 Å². The van der Waals surface area contributed by atoms with Gasteiger partial charge in [0.1, 0.15) is 48.8 Å². The van der Waals surface area contributed by atoms with Crippen LogP contribution < -0.4 is 0 Å². The van der Waals surface area contributed by atoms with E-state index < -0.39 is 74.6 Å². The average molecular weight is 356 g/mol. The van der Waals surface area contributed by atoms with E-state index in [1.807, 2.05) is 0 Å². The smallest absolute Gasteiger partial charge is 0.187 e. The van der Waals surface area contributed by atoms with E-state index in [1.54, 1.807) is 0 Å². The highest BCUT2D eigenvalue weighted by Gasteiger charge is 2.50. The Morgan fingerprint density at radius 3 is 1.71 bits per heavy atom. The average Bonchev–Trinajstić information content (AvgIpc) is 2.59. The lowest BCUT2D eigenvalue weighted by Crippen LogP contribution is -2.64. The summed E-state index contributed by atoms with van der Waals surface area (Å²) in [4.78, 5) is 0. The number of ether oxygens (including phenoxy) is 4. The molecule has 0 amide bonds. The molecule has 11 heteroatoms. The standard InChI is InChI=1S/C13H24O11/c1-21-13-11(9(19)7(17)5(3-15)23-13)24-12-10(20)8(18)6(16)4(2-14)22-12/h4-20H,2-3H2,1H3/t4-,5-,6-,7-,8+,9+,10+,11+,12?,13?/m1/s1. The maximum absolute atomic E-state index is 10.2. The lowest BCUT2D eigenvalue weighted by Gasteiger charge is -2.45. The van der Waals surface area contributed by atoms with Crippen molar-refractivity contribution >= 4 is 0 Å². The number of hydrogen-bond donors (Lipinski definition) is 7. The minimum absolute atomic E-state index is 0.565. The molecule has 24 heavy (non-hydrogen) atoms. The van der Waals surface area contributed by atoms with Gasteiger partial charge in [-0.25, -0.2) is 0 Å². The molecule has 0 aliphatic carbocycles. The van der Waals surface area contributed by atoms with Crippen LogP contribution in [0.1, 0.15) is 0 Å². The Balaban J connectivity index is 2.12. The van der Waals surface area contributed by atoms with Crippen molar-refractivity contribution in [1.29, 1.82) is 0 Å². The van der Waals surface area contributed by atoms with Crippen LogP contribution in [0.3, 0.4) is 0 Å². The molecule has 0 aromatic rings. The third kappa shape index (κ3) is 3.71. The molecule has 2 aliphatic heterocycles. The molecule has 2 heterocycles. The number of methoxy groups -OCH3 is 1. The van der Waals surface area contributed by atoms with Gasteiger partial charge in [0.25, 0.3) is 0 Å². The second kappa shape index (κ2) is 8.29. The van der Waals surface area contributed by atoms with Crippen LogP contribution in [-0.2, 0) is 18.9 Å². The van der Waals surface area contributed by atoms with Gasteiger partial charge < -0.3 is 54.7 Å². The third-order valence-corrected chi connectivity index (χ3v) is 4.20. The zero-order valence-electron chi connectivity index (χ0n) is 13.0. The maximum Gasteiger partial charge on any atom is 0.187 e. The molecule has 2 rings (SSSR count). The van der Waals surface area contributed by atoms with Gasteiger partial charge in [-0.15, -0.1) is 0 Å². The lowest BCUT2D eigenvalue weighted by atomic mass is 9.97. The molecule has 7 N–H and O–H groups in total. The van der Waals surface area contributed by atoms with Crippen LogP contribution >= 0.6 is 0 Å². The van der Waals surface area contributed by atoms with Crippen LogP contribution in [0.4, 0.5) is 0 Å². The molecule has 10 atom stereocenters. The zero-order chi connectivity index (χ0) is 18.0. The van der Waals surface area contributed by atoms with Crippen LogP contribution in [0.25, 0.3) is 0 Å². The van der Waals surface area contributed by atoms with Crippen LogP contribution in [-0.4, -0.2) is 117 Å². The van der Waals surface area contributed by atoms with Crippen molar-refractivity contribution in [3.05, 3.63) is 0 Å². The summed E-state index contributed by atoms with van der Waals surface area (Å²) in [5, 5.41) is 67.8. The molecule has 0 saturated carbocycles. The maximum atomic E-state index is 10.2. The topological polar surface area (TPSA) is 179 Å². The summed E-state index contributed by atoms with van der Waals surface area (Å²) in [5.41, 5.74) is 0. The molecule has 0 spiro atoms. The molecule has 11 nitrogen and oxygen atoms in total. The second-order valence-electron chi connectivity index (χ2n) is 5.74. The molecule has 2 fully saturated rings. The Labute approximate surface area is 137 Å². The van der Waals surface area contributed by atoms with E-state index in [4.69, 9.17) is 29.2 Å². The Morgan fingerprint density at radius 1 is 0.708 bits per heavy atom. The molecule has 2 unspecified atom stereocenters. The van der Waals surface area contributed by atoms with Crippen molar-refractivity contribution < 1.29 is 54.7 Å². The molecule has 2 saturated heterocycles. The minimum Gasteiger partial charge on any atom is -0.394 e. The first-order chi connectivity index (χ1) is 11.3. The number of aliphatic hydroxyl groups is 7. The van der Waals surface area contributed by atoms with Gasteiger partial charge in [-0.1, -0.05) is 0 Å². The number of aliphatic hydroxyl groups excluding tert-OH is 7. The van der Waals surface area contributed by atoms with Crippen molar-refractivity contribution in [3.8, 4) is 0 Å². The first kappa shape index (κ1) is 19.9. The Morgan fingerprint density at radius 2 is 1.21 bits per heavy atom. The summed E-state index contributed by atoms with van der Waals surface area (Å²) in [6.07, 6.45) is -14.3. The van der Waals surface area contributed by atoms with Gasteiger partial charge in [-0.2, -0.15) is 0 Å². The fourth-order valence-corrected chi connectivity index (χ4v) is 2.73. The van der Waals surface area contributed by atoms with E-state index in [1.165, 1.54) is 7.11 Å². The summed E-state index contributed by atoms with van der Waals surface area (Å²) in [6.45, 7) is -1.21. The molecular weight excluding hydrogens is 332 g/mol. The van der Waals surface area contributed by atoms with E-state index in [0.717, 1.165) is 0 Å². The van der Waals surface area contributed by atoms with E-state index in [0.29, 0.717) is 0 Å². The summed E-state index contributed by atoms with van der Waals surface area (Å²) in [6, 6.07) is 0. The number of hydrogen-bond acceptors (Lipinski definition) is 11. The molecule has 0 radical (unpaired) electrons. The molecular formula is C13H24O11. The summed E-state index contributed by atoms with van der Waals surface area (Å²) >= 11 is 0. The lowest BCUT2D eigenvalue weighted by molar-refractivity contribution is -0.364. The van der Waals surface area contributed by atoms with Crippen molar-refractivity contribution in [1.82, 2.24) is 0 Å². The van der Waals surface area contributed by atoms with Crippen LogP contribution in [0.15, 0.2) is 0 Å². The minimum atomic E-state index is -1.68. The Bertz CT molecular complexity index is 392. The van der Waals surface area contributed by atoms with Gasteiger partial charge in [0.05, 0.1) is 13.2 Å². The summed E-state index contributed by atoms with van der Waals surface area (Å²) in [5.74, 6) is 0. The SMILES string of the molecule is COC1O[C@H](CO)[C@@H](O)[C@H](O)[C@@H]1OC1O[C@H](CO)[C@@H](O)[C@H](O)[C@@H]1O. The molecule has 142 valence electrons. The fraction of sp³-hybridized carbons (Fsp3) is 1.00. The van der Waals surface area contributed by atoms with E-state index in [9.17, 15) is 25.5 Å². The monoisotopic (exact) mass is 356 g/mol. The van der Waals surface area contributed by atoms with E-state index >= 15 is 0 Å². The Hall–Kier alpha value is -0.440. The van der Waals surface area contributed by atoms with Crippen molar-refractivity contribution in [2.45, 2.75) is 61.4 Å². The van der Waals surface area contributed by atoms with E-state index in [2.05, 4.69) is 0 Å². The van der Waals surface area contributed by atoms with Gasteiger partial charge in [0.15, 0.2) is 12.6 Å². The largest absolute Gasteiger partial charge is 0.394 e. The normalized spacial score (nSPS) is 50.0. The van der Waals surface area contributed by atoms with Crippen LogP contribution in [0.2, 0.25) is 0 Å². The number of rotatable bonds is 5. The highest BCUT2D eigenvalue weighted by Crippen LogP contribution is 2.29. The van der Waals surface area contributed by atoms with Crippen molar-refractivity contribution in [2.24, 2.45) is 0 Å². The van der Waals surface area contributed by atoms with Gasteiger partial charge >= 0.3 is 0 Å². The second-order valence-corrected chi connectivity index (χ2v) is 5.74. The highest BCUT2D eigenvalue weighted by molar-refractivity contribution is 4.93.